The predicted molar refractivity (Wildman–Crippen MR) is 87.9 cm³/mol. The van der Waals surface area contributed by atoms with Crippen molar-refractivity contribution in [1.82, 2.24) is 15.3 Å². The van der Waals surface area contributed by atoms with Gasteiger partial charge in [-0.05, 0) is 42.7 Å². The third-order valence-electron chi connectivity index (χ3n) is 3.73. The van der Waals surface area contributed by atoms with Crippen molar-refractivity contribution in [2.75, 3.05) is 7.11 Å². The SMILES string of the molecule is COc1ccc(/C=C/C(=O)NCc2cc(C3CC3)ncn2)cc1. The lowest BCUT2D eigenvalue weighted by molar-refractivity contribution is -0.116. The molecule has 0 aliphatic heterocycles. The van der Waals surface area contributed by atoms with Gasteiger partial charge in [-0.15, -0.1) is 0 Å². The largest absolute Gasteiger partial charge is 0.497 e. The molecule has 0 saturated heterocycles. The molecule has 0 spiro atoms. The maximum absolute atomic E-state index is 11.9. The molecule has 0 radical (unpaired) electrons. The number of carbonyl (C=O) groups excluding carboxylic acids is 1. The minimum Gasteiger partial charge on any atom is -0.497 e. The number of aromatic nitrogens is 2. The molecule has 1 amide bonds. The van der Waals surface area contributed by atoms with E-state index >= 15 is 0 Å². The first kappa shape index (κ1) is 15.2. The number of carbonyl (C=O) groups is 1. The molecular weight excluding hydrogens is 290 g/mol. The Morgan fingerprint density at radius 3 is 2.78 bits per heavy atom. The summed E-state index contributed by atoms with van der Waals surface area (Å²) in [6, 6.07) is 9.49. The number of nitrogens with zero attached hydrogens (tertiary/aromatic N) is 2. The number of hydrogen-bond donors (Lipinski definition) is 1. The van der Waals surface area contributed by atoms with E-state index in [1.807, 2.05) is 30.3 Å². The summed E-state index contributed by atoms with van der Waals surface area (Å²) >= 11 is 0. The highest BCUT2D eigenvalue weighted by atomic mass is 16.5. The van der Waals surface area contributed by atoms with Gasteiger partial charge in [-0.1, -0.05) is 12.1 Å². The number of nitrogens with one attached hydrogen (secondary N) is 1. The van der Waals surface area contributed by atoms with Gasteiger partial charge in [0.15, 0.2) is 0 Å². The Morgan fingerprint density at radius 1 is 1.30 bits per heavy atom. The summed E-state index contributed by atoms with van der Waals surface area (Å²) in [5.41, 5.74) is 2.87. The predicted octanol–water partition coefficient (Wildman–Crippen LogP) is 2.69. The molecule has 1 fully saturated rings. The van der Waals surface area contributed by atoms with Gasteiger partial charge in [-0.3, -0.25) is 4.79 Å². The van der Waals surface area contributed by atoms with Crippen LogP contribution >= 0.6 is 0 Å². The summed E-state index contributed by atoms with van der Waals surface area (Å²) in [5.74, 6) is 1.23. The van der Waals surface area contributed by atoms with Gasteiger partial charge in [0.2, 0.25) is 5.91 Å². The van der Waals surface area contributed by atoms with Crippen molar-refractivity contribution in [3.8, 4) is 5.75 Å². The zero-order chi connectivity index (χ0) is 16.1. The summed E-state index contributed by atoms with van der Waals surface area (Å²) in [6.07, 6.45) is 7.26. The Bertz CT molecular complexity index is 706. The Hall–Kier alpha value is -2.69. The smallest absolute Gasteiger partial charge is 0.244 e. The van der Waals surface area contributed by atoms with Crippen LogP contribution in [0.2, 0.25) is 0 Å². The molecule has 1 aliphatic rings. The van der Waals surface area contributed by atoms with Crippen LogP contribution in [0.5, 0.6) is 5.75 Å². The number of ether oxygens (including phenoxy) is 1. The second-order valence-corrected chi connectivity index (χ2v) is 5.53. The Balaban J connectivity index is 1.52. The molecule has 0 atom stereocenters. The Morgan fingerprint density at radius 2 is 2.09 bits per heavy atom. The van der Waals surface area contributed by atoms with Crippen LogP contribution in [0.1, 0.15) is 35.7 Å². The third kappa shape index (κ3) is 4.39. The van der Waals surface area contributed by atoms with Gasteiger partial charge in [0, 0.05) is 17.7 Å². The van der Waals surface area contributed by atoms with E-state index in [2.05, 4.69) is 15.3 Å². The van der Waals surface area contributed by atoms with Gasteiger partial charge >= 0.3 is 0 Å². The Kier molecular flexibility index (Phi) is 4.66. The topological polar surface area (TPSA) is 64.1 Å². The fourth-order valence-electron chi connectivity index (χ4n) is 2.24. The van der Waals surface area contributed by atoms with E-state index in [-0.39, 0.29) is 5.91 Å². The molecule has 1 saturated carbocycles. The lowest BCUT2D eigenvalue weighted by Crippen LogP contribution is -2.21. The van der Waals surface area contributed by atoms with Crippen LogP contribution in [-0.2, 0) is 11.3 Å². The van der Waals surface area contributed by atoms with Crippen LogP contribution in [0.15, 0.2) is 42.7 Å². The lowest BCUT2D eigenvalue weighted by atomic mass is 10.2. The molecule has 0 bridgehead atoms. The van der Waals surface area contributed by atoms with Gasteiger partial charge in [0.05, 0.1) is 19.3 Å². The average Bonchev–Trinajstić information content (AvgIpc) is 3.44. The molecule has 2 aromatic rings. The highest BCUT2D eigenvalue weighted by molar-refractivity contribution is 5.91. The van der Waals surface area contributed by atoms with E-state index < -0.39 is 0 Å². The molecule has 23 heavy (non-hydrogen) atoms. The van der Waals surface area contributed by atoms with E-state index in [1.54, 1.807) is 19.5 Å². The van der Waals surface area contributed by atoms with Crippen molar-refractivity contribution in [3.63, 3.8) is 0 Å². The molecule has 1 heterocycles. The molecule has 5 heteroatoms. The van der Waals surface area contributed by atoms with Crippen LogP contribution in [0.4, 0.5) is 0 Å². The first-order valence-electron chi connectivity index (χ1n) is 7.65. The molecule has 0 unspecified atom stereocenters. The van der Waals surface area contributed by atoms with Crippen molar-refractivity contribution in [2.45, 2.75) is 25.3 Å². The van der Waals surface area contributed by atoms with Crippen molar-refractivity contribution in [2.24, 2.45) is 0 Å². The average molecular weight is 309 g/mol. The molecule has 1 N–H and O–H groups in total. The fourth-order valence-corrected chi connectivity index (χ4v) is 2.24. The van der Waals surface area contributed by atoms with E-state index in [4.69, 9.17) is 4.74 Å². The van der Waals surface area contributed by atoms with Crippen LogP contribution in [0.3, 0.4) is 0 Å². The summed E-state index contributed by atoms with van der Waals surface area (Å²) in [4.78, 5) is 20.3. The van der Waals surface area contributed by atoms with Crippen LogP contribution < -0.4 is 10.1 Å². The number of benzene rings is 1. The molecule has 1 aromatic heterocycles. The first-order valence-corrected chi connectivity index (χ1v) is 7.65. The zero-order valence-corrected chi connectivity index (χ0v) is 13.0. The third-order valence-corrected chi connectivity index (χ3v) is 3.73. The highest BCUT2D eigenvalue weighted by Gasteiger charge is 2.25. The standard InChI is InChI=1S/C18H19N3O2/c1-23-16-7-2-13(3-8-16)4-9-18(22)19-11-15-10-17(14-5-6-14)21-12-20-15/h2-4,7-10,12,14H,5-6,11H2,1H3,(H,19,22)/b9-4+. The molecule has 3 rings (SSSR count). The summed E-state index contributed by atoms with van der Waals surface area (Å²) in [7, 11) is 1.63. The minimum absolute atomic E-state index is 0.146. The van der Waals surface area contributed by atoms with Crippen molar-refractivity contribution in [3.05, 3.63) is 59.7 Å². The van der Waals surface area contributed by atoms with Crippen LogP contribution in [0, 0.1) is 0 Å². The van der Waals surface area contributed by atoms with Gasteiger partial charge in [0.25, 0.3) is 0 Å². The number of amides is 1. The van der Waals surface area contributed by atoms with Gasteiger partial charge < -0.3 is 10.1 Å². The second-order valence-electron chi connectivity index (χ2n) is 5.53. The van der Waals surface area contributed by atoms with Crippen molar-refractivity contribution >= 4 is 12.0 Å². The fraction of sp³-hybridized carbons (Fsp3) is 0.278. The molecule has 5 nitrogen and oxygen atoms in total. The van der Waals surface area contributed by atoms with Gasteiger partial charge in [-0.2, -0.15) is 0 Å². The summed E-state index contributed by atoms with van der Waals surface area (Å²) in [6.45, 7) is 0.411. The monoisotopic (exact) mass is 309 g/mol. The maximum atomic E-state index is 11.9. The van der Waals surface area contributed by atoms with Gasteiger partial charge in [-0.25, -0.2) is 9.97 Å². The van der Waals surface area contributed by atoms with Crippen molar-refractivity contribution in [1.29, 1.82) is 0 Å². The summed E-state index contributed by atoms with van der Waals surface area (Å²) in [5, 5.41) is 2.84. The van der Waals surface area contributed by atoms with Crippen molar-refractivity contribution < 1.29 is 9.53 Å². The van der Waals surface area contributed by atoms with Crippen LogP contribution in [-0.4, -0.2) is 23.0 Å². The number of hydrogen-bond acceptors (Lipinski definition) is 4. The Labute approximate surface area is 135 Å². The number of methoxy groups -OCH3 is 1. The molecule has 118 valence electrons. The van der Waals surface area contributed by atoms with Gasteiger partial charge in [0.1, 0.15) is 12.1 Å². The molecular formula is C18H19N3O2. The summed E-state index contributed by atoms with van der Waals surface area (Å²) < 4.78 is 5.10. The van der Waals surface area contributed by atoms with E-state index in [0.29, 0.717) is 12.5 Å². The quantitative estimate of drug-likeness (QED) is 0.833. The minimum atomic E-state index is -0.146. The molecule has 1 aliphatic carbocycles. The number of rotatable bonds is 6. The lowest BCUT2D eigenvalue weighted by Gasteiger charge is -2.03. The van der Waals surface area contributed by atoms with E-state index in [0.717, 1.165) is 22.7 Å². The first-order chi connectivity index (χ1) is 11.2. The highest BCUT2D eigenvalue weighted by Crippen LogP contribution is 2.38. The van der Waals surface area contributed by atoms with E-state index in [1.165, 1.54) is 18.9 Å². The second kappa shape index (κ2) is 7.05. The van der Waals surface area contributed by atoms with E-state index in [9.17, 15) is 4.79 Å². The van der Waals surface area contributed by atoms with Crippen LogP contribution in [0.25, 0.3) is 6.08 Å². The molecule has 1 aromatic carbocycles. The normalized spacial score (nSPS) is 14.0. The maximum Gasteiger partial charge on any atom is 0.244 e. The zero-order valence-electron chi connectivity index (χ0n) is 13.0.